The van der Waals surface area contributed by atoms with Gasteiger partial charge < -0.3 is 19.9 Å². The van der Waals surface area contributed by atoms with Gasteiger partial charge in [0.2, 0.25) is 5.82 Å². The van der Waals surface area contributed by atoms with Crippen molar-refractivity contribution in [2.75, 3.05) is 20.2 Å². The first-order chi connectivity index (χ1) is 9.38. The summed E-state index contributed by atoms with van der Waals surface area (Å²) in [5.74, 6) is -1.30. The molecule has 0 saturated carbocycles. The molecule has 20 heavy (non-hydrogen) atoms. The minimum Gasteiger partial charge on any atom is -0.370 e. The average molecular weight is 293 g/mol. The van der Waals surface area contributed by atoms with E-state index in [9.17, 15) is 18.0 Å². The summed E-state index contributed by atoms with van der Waals surface area (Å²) in [6.45, 7) is 0.0881. The van der Waals surface area contributed by atoms with Gasteiger partial charge in [0.25, 0.3) is 5.91 Å². The number of halogens is 3. The predicted molar refractivity (Wildman–Crippen MR) is 60.3 cm³/mol. The fourth-order valence-corrected chi connectivity index (χ4v) is 2.06. The molecule has 2 heterocycles. The van der Waals surface area contributed by atoms with Gasteiger partial charge in [-0.25, -0.2) is 0 Å². The lowest BCUT2D eigenvalue weighted by Gasteiger charge is -2.30. The van der Waals surface area contributed by atoms with E-state index in [0.717, 1.165) is 4.57 Å². The average Bonchev–Trinajstić information content (AvgIpc) is 2.82. The van der Waals surface area contributed by atoms with E-state index in [1.54, 1.807) is 0 Å². The monoisotopic (exact) mass is 293 g/mol. The van der Waals surface area contributed by atoms with Crippen LogP contribution in [-0.2, 0) is 28.8 Å². The predicted octanol–water partition coefficient (Wildman–Crippen LogP) is -0.387. The zero-order valence-corrected chi connectivity index (χ0v) is 10.7. The van der Waals surface area contributed by atoms with Crippen molar-refractivity contribution in [2.24, 2.45) is 5.73 Å². The highest BCUT2D eigenvalue weighted by Crippen LogP contribution is 2.29. The second kappa shape index (κ2) is 5.37. The molecule has 0 spiro atoms. The van der Waals surface area contributed by atoms with Crippen molar-refractivity contribution in [1.29, 1.82) is 0 Å². The van der Waals surface area contributed by atoms with Crippen LogP contribution < -0.4 is 5.73 Å². The number of nitrogens with two attached hydrogens (primary N) is 1. The van der Waals surface area contributed by atoms with Gasteiger partial charge in [-0.3, -0.25) is 4.79 Å². The van der Waals surface area contributed by atoms with Crippen LogP contribution in [0.4, 0.5) is 13.2 Å². The summed E-state index contributed by atoms with van der Waals surface area (Å²) < 4.78 is 43.9. The number of hydrogen-bond donors (Lipinski definition) is 1. The smallest absolute Gasteiger partial charge is 0.370 e. The summed E-state index contributed by atoms with van der Waals surface area (Å²) in [7, 11) is 1.35. The third-order valence-corrected chi connectivity index (χ3v) is 3.09. The topological polar surface area (TPSA) is 86.3 Å². The van der Waals surface area contributed by atoms with Gasteiger partial charge in [-0.2, -0.15) is 13.2 Å². The van der Waals surface area contributed by atoms with E-state index in [1.807, 2.05) is 0 Å². The molecule has 1 aliphatic heterocycles. The molecule has 1 aromatic heterocycles. The largest absolute Gasteiger partial charge is 0.451 e. The van der Waals surface area contributed by atoms with Gasteiger partial charge in [-0.15, -0.1) is 10.2 Å². The number of alkyl halides is 3. The molecule has 1 aliphatic rings. The van der Waals surface area contributed by atoms with E-state index in [-0.39, 0.29) is 37.9 Å². The van der Waals surface area contributed by atoms with Gasteiger partial charge in [-0.1, -0.05) is 0 Å². The zero-order chi connectivity index (χ0) is 14.9. The Morgan fingerprint density at radius 3 is 2.70 bits per heavy atom. The van der Waals surface area contributed by atoms with E-state index in [4.69, 9.17) is 10.5 Å². The summed E-state index contributed by atoms with van der Waals surface area (Å²) in [5, 5.41) is 6.64. The molecule has 112 valence electrons. The van der Waals surface area contributed by atoms with Gasteiger partial charge >= 0.3 is 6.18 Å². The van der Waals surface area contributed by atoms with E-state index in [0.29, 0.717) is 0 Å². The summed E-state index contributed by atoms with van der Waals surface area (Å²) in [6.07, 6.45) is -5.35. The second-order valence-corrected chi connectivity index (χ2v) is 4.31. The molecule has 0 saturated heterocycles. The summed E-state index contributed by atoms with van der Waals surface area (Å²) in [4.78, 5) is 13.4. The highest BCUT2D eigenvalue weighted by molar-refractivity contribution is 5.81. The lowest BCUT2D eigenvalue weighted by molar-refractivity contribution is -0.149. The van der Waals surface area contributed by atoms with E-state index >= 15 is 0 Å². The molecule has 0 radical (unpaired) electrons. The standard InChI is InChI=1S/C10H14F3N5O2/c1-20-6(4-14)8(19)17-2-3-18-7(5-17)15-16-9(18)10(11,12)13/h6H,2-5,14H2,1H3. The number of nitrogens with zero attached hydrogens (tertiary/aromatic N) is 4. The first kappa shape index (κ1) is 14.7. The quantitative estimate of drug-likeness (QED) is 0.820. The van der Waals surface area contributed by atoms with Crippen LogP contribution in [0.25, 0.3) is 0 Å². The Hall–Kier alpha value is -1.68. The molecule has 1 amide bonds. The van der Waals surface area contributed by atoms with Crippen LogP contribution in [-0.4, -0.2) is 51.9 Å². The first-order valence-corrected chi connectivity index (χ1v) is 5.89. The van der Waals surface area contributed by atoms with Gasteiger partial charge in [0.15, 0.2) is 5.82 Å². The maximum Gasteiger partial charge on any atom is 0.451 e. The van der Waals surface area contributed by atoms with Crippen molar-refractivity contribution in [3.05, 3.63) is 11.6 Å². The number of rotatable bonds is 3. The van der Waals surface area contributed by atoms with Crippen molar-refractivity contribution in [2.45, 2.75) is 25.4 Å². The van der Waals surface area contributed by atoms with E-state index in [1.165, 1.54) is 12.0 Å². The van der Waals surface area contributed by atoms with Crippen molar-refractivity contribution in [3.63, 3.8) is 0 Å². The van der Waals surface area contributed by atoms with Gasteiger partial charge in [0, 0.05) is 26.7 Å². The molecule has 0 fully saturated rings. The minimum atomic E-state index is -4.55. The minimum absolute atomic E-state index is 0.00627. The van der Waals surface area contributed by atoms with Crippen LogP contribution in [0, 0.1) is 0 Å². The molecule has 2 N–H and O–H groups in total. The Balaban J connectivity index is 2.17. The van der Waals surface area contributed by atoms with Crippen LogP contribution in [0.2, 0.25) is 0 Å². The zero-order valence-electron chi connectivity index (χ0n) is 10.7. The maximum atomic E-state index is 12.7. The third-order valence-electron chi connectivity index (χ3n) is 3.09. The van der Waals surface area contributed by atoms with Gasteiger partial charge in [0.05, 0.1) is 6.54 Å². The normalized spacial score (nSPS) is 16.9. The molecule has 0 aromatic carbocycles. The summed E-state index contributed by atoms with van der Waals surface area (Å²) in [6, 6.07) is 0. The molecule has 0 bridgehead atoms. The Kier molecular flexibility index (Phi) is 3.95. The van der Waals surface area contributed by atoms with Crippen LogP contribution in [0.5, 0.6) is 0 Å². The van der Waals surface area contributed by atoms with Crippen molar-refractivity contribution >= 4 is 5.91 Å². The summed E-state index contributed by atoms with van der Waals surface area (Å²) >= 11 is 0. The Morgan fingerprint density at radius 2 is 2.15 bits per heavy atom. The summed E-state index contributed by atoms with van der Waals surface area (Å²) in [5.41, 5.74) is 5.39. The Morgan fingerprint density at radius 1 is 1.45 bits per heavy atom. The number of methoxy groups -OCH3 is 1. The Bertz CT molecular complexity index is 498. The van der Waals surface area contributed by atoms with Crippen molar-refractivity contribution in [1.82, 2.24) is 19.7 Å². The van der Waals surface area contributed by atoms with Crippen LogP contribution in [0.15, 0.2) is 0 Å². The van der Waals surface area contributed by atoms with Crippen LogP contribution >= 0.6 is 0 Å². The molecular formula is C10H14F3N5O2. The highest BCUT2D eigenvalue weighted by Gasteiger charge is 2.40. The number of aromatic nitrogens is 3. The number of amides is 1. The van der Waals surface area contributed by atoms with Crippen molar-refractivity contribution in [3.8, 4) is 0 Å². The fraction of sp³-hybridized carbons (Fsp3) is 0.700. The number of hydrogen-bond acceptors (Lipinski definition) is 5. The van der Waals surface area contributed by atoms with E-state index in [2.05, 4.69) is 10.2 Å². The molecule has 7 nitrogen and oxygen atoms in total. The fourth-order valence-electron chi connectivity index (χ4n) is 2.06. The van der Waals surface area contributed by atoms with Gasteiger partial charge in [-0.05, 0) is 0 Å². The molecule has 1 aromatic rings. The molecule has 2 rings (SSSR count). The molecule has 10 heteroatoms. The SMILES string of the molecule is COC(CN)C(=O)N1CCn2c(nnc2C(F)(F)F)C1. The lowest BCUT2D eigenvalue weighted by atomic mass is 10.2. The first-order valence-electron chi connectivity index (χ1n) is 5.89. The second-order valence-electron chi connectivity index (χ2n) is 4.31. The number of carbonyl (C=O) groups excluding carboxylic acids is 1. The molecule has 0 aliphatic carbocycles. The van der Waals surface area contributed by atoms with E-state index < -0.39 is 18.1 Å². The van der Waals surface area contributed by atoms with Crippen LogP contribution in [0.1, 0.15) is 11.6 Å². The molecular weight excluding hydrogens is 279 g/mol. The third kappa shape index (κ3) is 2.61. The number of ether oxygens (including phenoxy) is 1. The number of fused-ring (bicyclic) bond motifs is 1. The maximum absolute atomic E-state index is 12.7. The van der Waals surface area contributed by atoms with Crippen LogP contribution in [0.3, 0.4) is 0 Å². The highest BCUT2D eigenvalue weighted by atomic mass is 19.4. The lowest BCUT2D eigenvalue weighted by Crippen LogP contribution is -2.47. The molecule has 1 atom stereocenters. The molecule has 1 unspecified atom stereocenters. The van der Waals surface area contributed by atoms with Crippen molar-refractivity contribution < 1.29 is 22.7 Å². The van der Waals surface area contributed by atoms with Gasteiger partial charge in [0.1, 0.15) is 6.10 Å². The Labute approximate surface area is 112 Å². The number of carbonyl (C=O) groups is 1.